The minimum absolute atomic E-state index is 0.165. The molecule has 0 aromatic carbocycles. The number of aromatic nitrogens is 2. The molecule has 0 aliphatic rings. The standard InChI is InChI=1S/C11H18IN3O3S/c1-4-5-13-11-10(12)8(6-18-2)14-9(15-11)7-19(3,16)17/h4-7H2,1-3H3,(H,13,14,15). The minimum atomic E-state index is -3.16. The fourth-order valence-electron chi connectivity index (χ4n) is 1.44. The molecule has 0 aliphatic heterocycles. The molecule has 0 aliphatic carbocycles. The summed E-state index contributed by atoms with van der Waals surface area (Å²) in [6, 6.07) is 0. The number of rotatable bonds is 7. The van der Waals surface area contributed by atoms with Gasteiger partial charge in [0.1, 0.15) is 17.4 Å². The summed E-state index contributed by atoms with van der Waals surface area (Å²) in [5, 5.41) is 3.18. The van der Waals surface area contributed by atoms with Crippen LogP contribution in [0.3, 0.4) is 0 Å². The first-order valence-electron chi connectivity index (χ1n) is 5.83. The van der Waals surface area contributed by atoms with Crippen LogP contribution in [0.1, 0.15) is 24.9 Å². The third-order valence-corrected chi connectivity index (χ3v) is 4.10. The Balaban J connectivity index is 3.14. The topological polar surface area (TPSA) is 81.2 Å². The highest BCUT2D eigenvalue weighted by atomic mass is 127. The van der Waals surface area contributed by atoms with Crippen LogP contribution in [0.25, 0.3) is 0 Å². The summed E-state index contributed by atoms with van der Waals surface area (Å²) >= 11 is 2.14. The molecule has 1 aromatic rings. The van der Waals surface area contributed by atoms with Gasteiger partial charge in [-0.15, -0.1) is 0 Å². The van der Waals surface area contributed by atoms with E-state index in [1.165, 1.54) is 6.26 Å². The number of halogens is 1. The number of nitrogens with zero attached hydrogens (tertiary/aromatic N) is 2. The number of hydrogen-bond acceptors (Lipinski definition) is 6. The van der Waals surface area contributed by atoms with Gasteiger partial charge in [0.15, 0.2) is 9.84 Å². The molecular weight excluding hydrogens is 381 g/mol. The Hall–Kier alpha value is -0.480. The molecule has 0 fully saturated rings. The van der Waals surface area contributed by atoms with Gasteiger partial charge in [-0.1, -0.05) is 6.92 Å². The van der Waals surface area contributed by atoms with E-state index in [2.05, 4.69) is 44.8 Å². The van der Waals surface area contributed by atoms with E-state index in [-0.39, 0.29) is 5.75 Å². The molecule has 0 spiro atoms. The van der Waals surface area contributed by atoms with Crippen molar-refractivity contribution in [1.82, 2.24) is 9.97 Å². The Morgan fingerprint density at radius 2 is 2.05 bits per heavy atom. The number of sulfone groups is 1. The number of methoxy groups -OCH3 is 1. The van der Waals surface area contributed by atoms with Gasteiger partial charge in [-0.2, -0.15) is 0 Å². The molecule has 1 rings (SSSR count). The van der Waals surface area contributed by atoms with Crippen LogP contribution in [0.4, 0.5) is 5.82 Å². The lowest BCUT2D eigenvalue weighted by molar-refractivity contribution is 0.180. The first-order chi connectivity index (χ1) is 8.87. The van der Waals surface area contributed by atoms with Gasteiger partial charge < -0.3 is 10.1 Å². The minimum Gasteiger partial charge on any atom is -0.378 e. The summed E-state index contributed by atoms with van der Waals surface area (Å²) < 4.78 is 28.6. The largest absolute Gasteiger partial charge is 0.378 e. The molecule has 8 heteroatoms. The maximum absolute atomic E-state index is 11.3. The lowest BCUT2D eigenvalue weighted by Crippen LogP contribution is -2.13. The fourth-order valence-corrected chi connectivity index (χ4v) is 2.62. The highest BCUT2D eigenvalue weighted by Crippen LogP contribution is 2.20. The molecule has 0 atom stereocenters. The Morgan fingerprint density at radius 3 is 2.58 bits per heavy atom. The predicted molar refractivity (Wildman–Crippen MR) is 82.8 cm³/mol. The molecule has 1 heterocycles. The summed E-state index contributed by atoms with van der Waals surface area (Å²) in [6.45, 7) is 3.16. The van der Waals surface area contributed by atoms with E-state index < -0.39 is 9.84 Å². The lowest BCUT2D eigenvalue weighted by atomic mass is 10.3. The van der Waals surface area contributed by atoms with Crippen molar-refractivity contribution >= 4 is 38.2 Å². The van der Waals surface area contributed by atoms with E-state index in [4.69, 9.17) is 4.74 Å². The van der Waals surface area contributed by atoms with Crippen LogP contribution in [0.15, 0.2) is 0 Å². The summed E-state index contributed by atoms with van der Waals surface area (Å²) in [4.78, 5) is 8.53. The molecule has 0 amide bonds. The van der Waals surface area contributed by atoms with Crippen molar-refractivity contribution in [2.45, 2.75) is 25.7 Å². The van der Waals surface area contributed by atoms with Gasteiger partial charge in [0, 0.05) is 19.9 Å². The molecule has 0 bridgehead atoms. The molecule has 0 radical (unpaired) electrons. The third kappa shape index (κ3) is 5.57. The molecule has 1 aromatic heterocycles. The van der Waals surface area contributed by atoms with E-state index in [9.17, 15) is 8.42 Å². The van der Waals surface area contributed by atoms with Gasteiger partial charge in [0.05, 0.1) is 15.9 Å². The average molecular weight is 399 g/mol. The third-order valence-electron chi connectivity index (χ3n) is 2.18. The van der Waals surface area contributed by atoms with Crippen molar-refractivity contribution < 1.29 is 13.2 Å². The number of hydrogen-bond donors (Lipinski definition) is 1. The van der Waals surface area contributed by atoms with Crippen LogP contribution in [-0.2, 0) is 26.9 Å². The molecule has 108 valence electrons. The highest BCUT2D eigenvalue weighted by Gasteiger charge is 2.15. The summed E-state index contributed by atoms with van der Waals surface area (Å²) in [6.07, 6.45) is 2.13. The monoisotopic (exact) mass is 399 g/mol. The first-order valence-corrected chi connectivity index (χ1v) is 8.97. The maximum atomic E-state index is 11.3. The number of anilines is 1. The quantitative estimate of drug-likeness (QED) is 0.702. The smallest absolute Gasteiger partial charge is 0.154 e. The van der Waals surface area contributed by atoms with Crippen LogP contribution in [0.5, 0.6) is 0 Å². The second-order valence-electron chi connectivity index (χ2n) is 4.18. The van der Waals surface area contributed by atoms with Crippen LogP contribution in [0, 0.1) is 3.57 Å². The van der Waals surface area contributed by atoms with Crippen molar-refractivity contribution in [2.75, 3.05) is 25.2 Å². The van der Waals surface area contributed by atoms with Crippen molar-refractivity contribution in [2.24, 2.45) is 0 Å². The van der Waals surface area contributed by atoms with E-state index in [0.717, 1.165) is 16.5 Å². The van der Waals surface area contributed by atoms with Crippen LogP contribution >= 0.6 is 22.6 Å². The zero-order valence-corrected chi connectivity index (χ0v) is 14.2. The number of nitrogens with one attached hydrogen (secondary N) is 1. The average Bonchev–Trinajstić information content (AvgIpc) is 2.29. The summed E-state index contributed by atoms with van der Waals surface area (Å²) in [7, 11) is -1.58. The molecule has 0 saturated carbocycles. The number of ether oxygens (including phenoxy) is 1. The maximum Gasteiger partial charge on any atom is 0.154 e. The van der Waals surface area contributed by atoms with Crippen molar-refractivity contribution in [3.8, 4) is 0 Å². The molecule has 0 saturated heterocycles. The summed E-state index contributed by atoms with van der Waals surface area (Å²) in [5.74, 6) is 0.804. The predicted octanol–water partition coefficient (Wildman–Crippen LogP) is 1.59. The van der Waals surface area contributed by atoms with Crippen molar-refractivity contribution in [3.63, 3.8) is 0 Å². The van der Waals surface area contributed by atoms with Crippen LogP contribution in [-0.4, -0.2) is 38.3 Å². The van der Waals surface area contributed by atoms with Crippen LogP contribution in [0.2, 0.25) is 0 Å². The van der Waals surface area contributed by atoms with Gasteiger partial charge in [-0.25, -0.2) is 18.4 Å². The van der Waals surface area contributed by atoms with Gasteiger partial charge in [0.2, 0.25) is 0 Å². The SMILES string of the molecule is CCCNc1nc(CS(C)(=O)=O)nc(COC)c1I. The molecule has 1 N–H and O–H groups in total. The molecular formula is C11H18IN3O3S. The molecule has 0 unspecified atom stereocenters. The first kappa shape index (κ1) is 16.6. The van der Waals surface area contributed by atoms with E-state index in [1.807, 2.05) is 0 Å². The second-order valence-corrected chi connectivity index (χ2v) is 7.40. The van der Waals surface area contributed by atoms with Gasteiger partial charge in [-0.3, -0.25) is 0 Å². The van der Waals surface area contributed by atoms with Crippen molar-refractivity contribution in [1.29, 1.82) is 0 Å². The zero-order valence-electron chi connectivity index (χ0n) is 11.2. The van der Waals surface area contributed by atoms with Crippen molar-refractivity contribution in [3.05, 3.63) is 15.1 Å². The van der Waals surface area contributed by atoms with Gasteiger partial charge in [0.25, 0.3) is 0 Å². The van der Waals surface area contributed by atoms with E-state index >= 15 is 0 Å². The fraction of sp³-hybridized carbons (Fsp3) is 0.636. The summed E-state index contributed by atoms with van der Waals surface area (Å²) in [5.41, 5.74) is 0.704. The molecule has 19 heavy (non-hydrogen) atoms. The Kier molecular flexibility index (Phi) is 6.40. The highest BCUT2D eigenvalue weighted by molar-refractivity contribution is 14.1. The van der Waals surface area contributed by atoms with Crippen LogP contribution < -0.4 is 5.32 Å². The second kappa shape index (κ2) is 7.34. The lowest BCUT2D eigenvalue weighted by Gasteiger charge is -2.12. The van der Waals surface area contributed by atoms with E-state index in [1.54, 1.807) is 7.11 Å². The van der Waals surface area contributed by atoms with E-state index in [0.29, 0.717) is 23.9 Å². The molecule has 6 nitrogen and oxygen atoms in total. The van der Waals surface area contributed by atoms with Gasteiger partial charge in [-0.05, 0) is 29.0 Å². The zero-order chi connectivity index (χ0) is 14.5. The Bertz CT molecular complexity index is 534. The Labute approximate surface area is 127 Å². The Morgan fingerprint density at radius 1 is 1.37 bits per heavy atom. The van der Waals surface area contributed by atoms with Gasteiger partial charge >= 0.3 is 0 Å². The normalized spacial score (nSPS) is 11.6.